The lowest BCUT2D eigenvalue weighted by Crippen LogP contribution is -2.45. The van der Waals surface area contributed by atoms with Gasteiger partial charge in [0.15, 0.2) is 0 Å². The fourth-order valence-corrected chi connectivity index (χ4v) is 5.95. The minimum Gasteiger partial charge on any atom is -0.456 e. The van der Waals surface area contributed by atoms with Crippen LogP contribution in [0.5, 0.6) is 0 Å². The van der Waals surface area contributed by atoms with Gasteiger partial charge in [0.2, 0.25) is 0 Å². The van der Waals surface area contributed by atoms with Crippen LogP contribution in [0.3, 0.4) is 0 Å². The normalized spacial score (nSPS) is 17.5. The number of aliphatic imine (C=N–C) groups is 1. The minimum absolute atomic E-state index is 0.123. The zero-order chi connectivity index (χ0) is 25.8. The molecular formula is C35H25N3O. The third-order valence-corrected chi connectivity index (χ3v) is 7.75. The van der Waals surface area contributed by atoms with Crippen molar-refractivity contribution in [3.63, 3.8) is 0 Å². The first-order chi connectivity index (χ1) is 19.3. The molecule has 2 atom stereocenters. The Labute approximate surface area is 225 Å². The Morgan fingerprint density at radius 3 is 2.15 bits per heavy atom. The highest BCUT2D eigenvalue weighted by atomic mass is 16.3. The first-order valence-electron chi connectivity index (χ1n) is 13.3. The zero-order valence-electron chi connectivity index (χ0n) is 21.1. The lowest BCUT2D eigenvalue weighted by Gasteiger charge is -2.33. The van der Waals surface area contributed by atoms with E-state index in [4.69, 9.17) is 9.41 Å². The molecule has 6 aromatic carbocycles. The van der Waals surface area contributed by atoms with Gasteiger partial charge >= 0.3 is 0 Å². The van der Waals surface area contributed by atoms with Gasteiger partial charge in [-0.15, -0.1) is 0 Å². The summed E-state index contributed by atoms with van der Waals surface area (Å²) >= 11 is 0. The molecule has 0 spiro atoms. The fraction of sp³-hybridized carbons (Fsp3) is 0.0571. The second-order valence-electron chi connectivity index (χ2n) is 10.0. The molecular weight excluding hydrogens is 478 g/mol. The highest BCUT2D eigenvalue weighted by Gasteiger charge is 2.28. The van der Waals surface area contributed by atoms with Crippen molar-refractivity contribution in [2.75, 3.05) is 0 Å². The van der Waals surface area contributed by atoms with Crippen molar-refractivity contribution in [1.82, 2.24) is 10.6 Å². The first-order valence-corrected chi connectivity index (χ1v) is 13.3. The van der Waals surface area contributed by atoms with Crippen molar-refractivity contribution in [2.45, 2.75) is 12.3 Å². The van der Waals surface area contributed by atoms with Crippen LogP contribution >= 0.6 is 0 Å². The smallest absolute Gasteiger partial charge is 0.136 e. The maximum absolute atomic E-state index is 6.21. The van der Waals surface area contributed by atoms with Crippen molar-refractivity contribution in [2.24, 2.45) is 4.99 Å². The maximum Gasteiger partial charge on any atom is 0.136 e. The number of hydrogen-bond acceptors (Lipinski definition) is 4. The van der Waals surface area contributed by atoms with Crippen LogP contribution in [0.2, 0.25) is 0 Å². The summed E-state index contributed by atoms with van der Waals surface area (Å²) in [5.74, 6) is 0.849. The second kappa shape index (κ2) is 8.83. The number of nitrogens with one attached hydrogen (secondary N) is 2. The second-order valence-corrected chi connectivity index (χ2v) is 10.0. The summed E-state index contributed by atoms with van der Waals surface area (Å²) in [6, 6.07) is 44.4. The van der Waals surface area contributed by atoms with E-state index in [9.17, 15) is 0 Å². The average molecular weight is 504 g/mol. The molecule has 0 fully saturated rings. The number of amidine groups is 1. The highest BCUT2D eigenvalue weighted by Crippen LogP contribution is 2.37. The van der Waals surface area contributed by atoms with Gasteiger partial charge in [0.25, 0.3) is 0 Å². The predicted molar refractivity (Wildman–Crippen MR) is 160 cm³/mol. The molecule has 2 N–H and O–H groups in total. The van der Waals surface area contributed by atoms with Crippen LogP contribution in [0.1, 0.15) is 29.0 Å². The van der Waals surface area contributed by atoms with Crippen molar-refractivity contribution in [3.8, 4) is 0 Å². The van der Waals surface area contributed by atoms with Gasteiger partial charge in [-0.25, -0.2) is 4.99 Å². The number of para-hydroxylation sites is 1. The molecule has 0 saturated carbocycles. The molecule has 0 radical (unpaired) electrons. The van der Waals surface area contributed by atoms with Gasteiger partial charge in [-0.1, -0.05) is 109 Å². The van der Waals surface area contributed by atoms with Crippen LogP contribution in [-0.2, 0) is 0 Å². The molecule has 0 bridgehead atoms. The molecule has 0 saturated heterocycles. The Balaban J connectivity index is 1.38. The average Bonchev–Trinajstić information content (AvgIpc) is 3.40. The SMILES string of the molecule is c1ccc(C2NC(c3cccc4oc5ccccc5c34)=NC(c3cc4ccccc4c4ccccc34)N2)cc1. The molecule has 0 aliphatic carbocycles. The van der Waals surface area contributed by atoms with Gasteiger partial charge in [0.05, 0.1) is 0 Å². The minimum atomic E-state index is -0.255. The number of benzene rings is 6. The van der Waals surface area contributed by atoms with E-state index in [0.717, 1.165) is 44.5 Å². The molecule has 39 heavy (non-hydrogen) atoms. The van der Waals surface area contributed by atoms with Crippen LogP contribution in [0, 0.1) is 0 Å². The topological polar surface area (TPSA) is 49.6 Å². The summed E-state index contributed by atoms with van der Waals surface area (Å²) in [6.45, 7) is 0. The maximum atomic E-state index is 6.21. The van der Waals surface area contributed by atoms with Crippen LogP contribution in [-0.4, -0.2) is 5.84 Å². The summed E-state index contributed by atoms with van der Waals surface area (Å²) in [5.41, 5.74) is 5.10. The molecule has 2 heterocycles. The van der Waals surface area contributed by atoms with E-state index >= 15 is 0 Å². The highest BCUT2D eigenvalue weighted by molar-refractivity contribution is 6.18. The molecule has 186 valence electrons. The van der Waals surface area contributed by atoms with E-state index in [-0.39, 0.29) is 12.3 Å². The van der Waals surface area contributed by atoms with Gasteiger partial charge in [-0.05, 0) is 50.9 Å². The predicted octanol–water partition coefficient (Wildman–Crippen LogP) is 8.23. The van der Waals surface area contributed by atoms with E-state index in [1.807, 2.05) is 30.3 Å². The van der Waals surface area contributed by atoms with Crippen molar-refractivity contribution in [3.05, 3.63) is 144 Å². The lowest BCUT2D eigenvalue weighted by molar-refractivity contribution is 0.411. The van der Waals surface area contributed by atoms with E-state index in [1.165, 1.54) is 21.5 Å². The Bertz CT molecular complexity index is 2040. The molecule has 7 aromatic rings. The standard InChI is InChI=1S/C35H25N3O/c1-2-11-22(12-3-1)33-36-34(28-18-10-20-31-32(28)27-17-8-9-19-30(27)39-31)38-35(37-33)29-21-23-13-4-5-14-24(23)25-15-6-7-16-26(25)29/h1-21,33,35,37H,(H,36,38). The van der Waals surface area contributed by atoms with Gasteiger partial charge in [-0.3, -0.25) is 5.32 Å². The van der Waals surface area contributed by atoms with Gasteiger partial charge in [-0.2, -0.15) is 0 Å². The van der Waals surface area contributed by atoms with E-state index < -0.39 is 0 Å². The van der Waals surface area contributed by atoms with Crippen LogP contribution < -0.4 is 10.6 Å². The summed E-state index contributed by atoms with van der Waals surface area (Å²) in [6.07, 6.45) is -0.378. The Hall–Kier alpha value is -4.93. The zero-order valence-corrected chi connectivity index (χ0v) is 21.1. The van der Waals surface area contributed by atoms with Crippen LogP contribution in [0.4, 0.5) is 0 Å². The molecule has 4 heteroatoms. The first kappa shape index (κ1) is 22.1. The number of nitrogens with zero attached hydrogens (tertiary/aromatic N) is 1. The summed E-state index contributed by atoms with van der Waals surface area (Å²) < 4.78 is 6.21. The molecule has 4 nitrogen and oxygen atoms in total. The Morgan fingerprint density at radius 2 is 1.28 bits per heavy atom. The molecule has 1 aromatic heterocycles. The summed E-state index contributed by atoms with van der Waals surface area (Å²) in [4.78, 5) is 5.34. The van der Waals surface area contributed by atoms with Crippen molar-refractivity contribution >= 4 is 49.3 Å². The van der Waals surface area contributed by atoms with Gasteiger partial charge in [0, 0.05) is 16.3 Å². The molecule has 8 rings (SSSR count). The van der Waals surface area contributed by atoms with Gasteiger partial charge in [0.1, 0.15) is 29.3 Å². The lowest BCUT2D eigenvalue weighted by atomic mass is 9.95. The number of hydrogen-bond donors (Lipinski definition) is 2. The van der Waals surface area contributed by atoms with Crippen LogP contribution in [0.25, 0.3) is 43.5 Å². The molecule has 0 amide bonds. The fourth-order valence-electron chi connectivity index (χ4n) is 5.95. The van der Waals surface area contributed by atoms with Crippen molar-refractivity contribution < 1.29 is 4.42 Å². The largest absolute Gasteiger partial charge is 0.456 e. The van der Waals surface area contributed by atoms with Crippen LogP contribution in [0.15, 0.2) is 137 Å². The van der Waals surface area contributed by atoms with E-state index in [1.54, 1.807) is 0 Å². The van der Waals surface area contributed by atoms with E-state index in [2.05, 4.69) is 108 Å². The van der Waals surface area contributed by atoms with Crippen molar-refractivity contribution in [1.29, 1.82) is 0 Å². The monoisotopic (exact) mass is 503 g/mol. The number of rotatable bonds is 3. The Kier molecular flexibility index (Phi) is 5.00. The number of furan rings is 1. The van der Waals surface area contributed by atoms with E-state index in [0.29, 0.717) is 0 Å². The molecule has 1 aliphatic heterocycles. The quantitative estimate of drug-likeness (QED) is 0.239. The third-order valence-electron chi connectivity index (χ3n) is 7.75. The summed E-state index contributed by atoms with van der Waals surface area (Å²) in [7, 11) is 0. The number of fused-ring (bicyclic) bond motifs is 6. The molecule has 1 aliphatic rings. The third kappa shape index (κ3) is 3.61. The summed E-state index contributed by atoms with van der Waals surface area (Å²) in [5, 5.41) is 14.6. The Morgan fingerprint density at radius 1 is 0.590 bits per heavy atom. The van der Waals surface area contributed by atoms with Gasteiger partial charge < -0.3 is 9.73 Å². The molecule has 2 unspecified atom stereocenters.